The van der Waals surface area contributed by atoms with Gasteiger partial charge in [-0.25, -0.2) is 8.78 Å². The Kier molecular flexibility index (Phi) is 4.50. The number of rotatable bonds is 4. The van der Waals surface area contributed by atoms with Crippen molar-refractivity contribution in [2.24, 2.45) is 0 Å². The monoisotopic (exact) mass is 275 g/mol. The summed E-state index contributed by atoms with van der Waals surface area (Å²) >= 11 is 3.23. The van der Waals surface area contributed by atoms with E-state index in [-0.39, 0.29) is 6.42 Å². The highest BCUT2D eigenvalue weighted by atomic mass is 79.9. The predicted molar refractivity (Wildman–Crippen MR) is 55.0 cm³/mol. The van der Waals surface area contributed by atoms with Gasteiger partial charge in [0, 0.05) is 10.0 Å². The molecule has 0 aliphatic heterocycles. The van der Waals surface area contributed by atoms with Crippen molar-refractivity contribution in [1.82, 2.24) is 0 Å². The molecule has 1 rings (SSSR count). The van der Waals surface area contributed by atoms with E-state index in [2.05, 4.69) is 15.9 Å². The lowest BCUT2D eigenvalue weighted by atomic mass is 10.1. The molecule has 0 aromatic heterocycles. The van der Waals surface area contributed by atoms with Crippen LogP contribution >= 0.6 is 15.9 Å². The summed E-state index contributed by atoms with van der Waals surface area (Å²) in [5.41, 5.74) is 0.604. The van der Waals surface area contributed by atoms with Crippen molar-refractivity contribution in [2.75, 3.05) is 6.61 Å². The molecule has 1 aromatic carbocycles. The summed E-state index contributed by atoms with van der Waals surface area (Å²) in [6.45, 7) is -0.653. The summed E-state index contributed by atoms with van der Waals surface area (Å²) in [6.07, 6.45) is -2.37. The fraction of sp³-hybridized carbons (Fsp3) is 0.300. The molecule has 0 saturated heterocycles. The highest BCUT2D eigenvalue weighted by Gasteiger charge is 2.08. The Morgan fingerprint density at radius 2 is 2.20 bits per heavy atom. The van der Waals surface area contributed by atoms with Crippen LogP contribution in [0.15, 0.2) is 22.7 Å². The van der Waals surface area contributed by atoms with Crippen molar-refractivity contribution in [3.05, 3.63) is 28.2 Å². The minimum atomic E-state index is -2.51. The molecule has 15 heavy (non-hydrogen) atoms. The van der Waals surface area contributed by atoms with E-state index in [0.29, 0.717) is 11.3 Å². The second-order valence-electron chi connectivity index (χ2n) is 2.79. The third-order valence-electron chi connectivity index (χ3n) is 1.66. The van der Waals surface area contributed by atoms with Gasteiger partial charge in [-0.3, -0.25) is 0 Å². The Balaban J connectivity index is 2.81. The van der Waals surface area contributed by atoms with Gasteiger partial charge in [-0.05, 0) is 18.2 Å². The molecule has 0 unspecified atom stereocenters. The van der Waals surface area contributed by atoms with E-state index in [1.54, 1.807) is 18.2 Å². The molecule has 2 nitrogen and oxygen atoms in total. The summed E-state index contributed by atoms with van der Waals surface area (Å²) in [4.78, 5) is 0. The van der Waals surface area contributed by atoms with Gasteiger partial charge in [-0.1, -0.05) is 15.9 Å². The van der Waals surface area contributed by atoms with E-state index in [1.165, 1.54) is 0 Å². The van der Waals surface area contributed by atoms with Crippen molar-refractivity contribution in [1.29, 1.82) is 5.26 Å². The molecule has 0 N–H and O–H groups in total. The Bertz CT molecular complexity index is 376. The lowest BCUT2D eigenvalue weighted by Crippen LogP contribution is -2.08. The number of ether oxygens (including phenoxy) is 1. The third kappa shape index (κ3) is 3.84. The third-order valence-corrected chi connectivity index (χ3v) is 2.15. The minimum absolute atomic E-state index is 0.137. The Morgan fingerprint density at radius 1 is 1.47 bits per heavy atom. The molecule has 80 valence electrons. The van der Waals surface area contributed by atoms with Crippen LogP contribution in [0.5, 0.6) is 5.75 Å². The number of hydrogen-bond donors (Lipinski definition) is 0. The molecule has 0 spiro atoms. The van der Waals surface area contributed by atoms with Gasteiger partial charge in [-0.2, -0.15) is 5.26 Å². The van der Waals surface area contributed by atoms with Crippen LogP contribution < -0.4 is 4.74 Å². The standard InChI is InChI=1S/C10H8BrF2NO/c11-8-1-2-9(15-6-10(12)13)7(5-8)3-4-14/h1-2,5,10H,3,6H2. The lowest BCUT2D eigenvalue weighted by Gasteiger charge is -2.09. The van der Waals surface area contributed by atoms with Crippen molar-refractivity contribution >= 4 is 15.9 Å². The zero-order valence-corrected chi connectivity index (χ0v) is 9.30. The maximum atomic E-state index is 11.9. The van der Waals surface area contributed by atoms with Crippen LogP contribution in [0.2, 0.25) is 0 Å². The molecular weight excluding hydrogens is 268 g/mol. The van der Waals surface area contributed by atoms with Crippen molar-refractivity contribution in [3.8, 4) is 11.8 Å². The normalized spacial score (nSPS) is 10.1. The quantitative estimate of drug-likeness (QED) is 0.846. The van der Waals surface area contributed by atoms with Crippen molar-refractivity contribution in [2.45, 2.75) is 12.8 Å². The van der Waals surface area contributed by atoms with Crippen LogP contribution in [0.25, 0.3) is 0 Å². The van der Waals surface area contributed by atoms with Crippen LogP contribution in [0.3, 0.4) is 0 Å². The molecule has 0 fully saturated rings. The average Bonchev–Trinajstić information content (AvgIpc) is 2.17. The topological polar surface area (TPSA) is 33.0 Å². The number of nitrogens with zero attached hydrogens (tertiary/aromatic N) is 1. The average molecular weight is 276 g/mol. The van der Waals surface area contributed by atoms with E-state index < -0.39 is 13.0 Å². The van der Waals surface area contributed by atoms with Gasteiger partial charge in [0.05, 0.1) is 12.5 Å². The summed E-state index contributed by atoms with van der Waals surface area (Å²) in [5, 5.41) is 8.54. The molecule has 0 aliphatic rings. The van der Waals surface area contributed by atoms with Crippen LogP contribution in [0.1, 0.15) is 5.56 Å². The number of hydrogen-bond acceptors (Lipinski definition) is 2. The van der Waals surface area contributed by atoms with Gasteiger partial charge < -0.3 is 4.74 Å². The lowest BCUT2D eigenvalue weighted by molar-refractivity contribution is 0.0815. The zero-order valence-electron chi connectivity index (χ0n) is 7.71. The van der Waals surface area contributed by atoms with E-state index in [4.69, 9.17) is 10.00 Å². The van der Waals surface area contributed by atoms with Crippen LogP contribution in [0.4, 0.5) is 8.78 Å². The number of halogens is 3. The fourth-order valence-corrected chi connectivity index (χ4v) is 1.47. The first kappa shape index (κ1) is 11.9. The highest BCUT2D eigenvalue weighted by molar-refractivity contribution is 9.10. The van der Waals surface area contributed by atoms with Gasteiger partial charge in [0.15, 0.2) is 0 Å². The highest BCUT2D eigenvalue weighted by Crippen LogP contribution is 2.23. The van der Waals surface area contributed by atoms with Gasteiger partial charge in [0.1, 0.15) is 12.4 Å². The SMILES string of the molecule is N#CCc1cc(Br)ccc1OCC(F)F. The number of alkyl halides is 2. The molecule has 0 radical (unpaired) electrons. The van der Waals surface area contributed by atoms with E-state index in [0.717, 1.165) is 4.47 Å². The van der Waals surface area contributed by atoms with Crippen LogP contribution in [-0.4, -0.2) is 13.0 Å². The Morgan fingerprint density at radius 3 is 2.80 bits per heavy atom. The molecule has 0 saturated carbocycles. The van der Waals surface area contributed by atoms with Crippen molar-refractivity contribution < 1.29 is 13.5 Å². The van der Waals surface area contributed by atoms with E-state index in [1.807, 2.05) is 6.07 Å². The molecule has 1 aromatic rings. The number of benzene rings is 1. The van der Waals surface area contributed by atoms with Gasteiger partial charge in [0.2, 0.25) is 0 Å². The Labute approximate surface area is 94.6 Å². The van der Waals surface area contributed by atoms with Gasteiger partial charge >= 0.3 is 0 Å². The first-order valence-corrected chi connectivity index (χ1v) is 4.99. The largest absolute Gasteiger partial charge is 0.487 e. The minimum Gasteiger partial charge on any atom is -0.487 e. The van der Waals surface area contributed by atoms with Gasteiger partial charge in [-0.15, -0.1) is 0 Å². The Hall–Kier alpha value is -1.15. The van der Waals surface area contributed by atoms with E-state index in [9.17, 15) is 8.78 Å². The van der Waals surface area contributed by atoms with E-state index >= 15 is 0 Å². The fourth-order valence-electron chi connectivity index (χ4n) is 1.06. The first-order chi connectivity index (χ1) is 7.13. The molecular formula is C10H8BrF2NO. The number of nitriles is 1. The molecule has 0 atom stereocenters. The maximum Gasteiger partial charge on any atom is 0.272 e. The summed E-state index contributed by atoms with van der Waals surface area (Å²) in [6, 6.07) is 6.89. The first-order valence-electron chi connectivity index (χ1n) is 4.20. The smallest absolute Gasteiger partial charge is 0.272 e. The maximum absolute atomic E-state index is 11.9. The zero-order chi connectivity index (χ0) is 11.3. The molecule has 5 heteroatoms. The van der Waals surface area contributed by atoms with Gasteiger partial charge in [0.25, 0.3) is 6.43 Å². The molecule has 0 heterocycles. The molecule has 0 amide bonds. The predicted octanol–water partition coefficient (Wildman–Crippen LogP) is 3.16. The molecule has 0 bridgehead atoms. The summed E-state index contributed by atoms with van der Waals surface area (Å²) in [7, 11) is 0. The molecule has 0 aliphatic carbocycles. The summed E-state index contributed by atoms with van der Waals surface area (Å²) in [5.74, 6) is 0.333. The second-order valence-corrected chi connectivity index (χ2v) is 3.70. The van der Waals surface area contributed by atoms with Crippen molar-refractivity contribution in [3.63, 3.8) is 0 Å². The summed E-state index contributed by atoms with van der Waals surface area (Å²) < 4.78 is 29.5. The van der Waals surface area contributed by atoms with Crippen LogP contribution in [0, 0.1) is 11.3 Å². The van der Waals surface area contributed by atoms with Crippen LogP contribution in [-0.2, 0) is 6.42 Å². The second kappa shape index (κ2) is 5.66.